The molecule has 0 bridgehead atoms. The first-order valence-corrected chi connectivity index (χ1v) is 8.76. The maximum absolute atomic E-state index is 12.4. The van der Waals surface area contributed by atoms with Crippen LogP contribution in [0.4, 0.5) is 0 Å². The summed E-state index contributed by atoms with van der Waals surface area (Å²) in [6, 6.07) is 0. The van der Waals surface area contributed by atoms with E-state index in [2.05, 4.69) is 0 Å². The van der Waals surface area contributed by atoms with Gasteiger partial charge in [0.05, 0.1) is 37.0 Å². The van der Waals surface area contributed by atoms with Crippen LogP contribution in [0.1, 0.15) is 27.2 Å². The highest BCUT2D eigenvalue weighted by Crippen LogP contribution is 2.46. The first-order chi connectivity index (χ1) is 11.8. The first kappa shape index (κ1) is 19.7. The number of hydrogen-bond donors (Lipinski definition) is 0. The lowest BCUT2D eigenvalue weighted by atomic mass is 9.98. The van der Waals surface area contributed by atoms with Crippen molar-refractivity contribution < 1.29 is 33.3 Å². The third-order valence-corrected chi connectivity index (χ3v) is 4.79. The Morgan fingerprint density at radius 1 is 1.24 bits per heavy atom. The molecule has 1 atom stereocenters. The minimum absolute atomic E-state index is 0.0896. The predicted molar refractivity (Wildman–Crippen MR) is 89.1 cm³/mol. The number of esters is 2. The number of carbonyl (C=O) groups excluding carboxylic acids is 3. The normalized spacial score (nSPS) is 19.6. The molecule has 25 heavy (non-hydrogen) atoms. The van der Waals surface area contributed by atoms with Gasteiger partial charge in [0.1, 0.15) is 5.70 Å². The van der Waals surface area contributed by atoms with Crippen LogP contribution in [-0.2, 0) is 33.3 Å². The zero-order valence-corrected chi connectivity index (χ0v) is 15.6. The van der Waals surface area contributed by atoms with Crippen molar-refractivity contribution in [2.24, 2.45) is 5.41 Å². The van der Waals surface area contributed by atoms with E-state index < -0.39 is 24.1 Å². The molecule has 0 saturated carbocycles. The Kier molecular flexibility index (Phi) is 6.47. The molecule has 2 heterocycles. The summed E-state index contributed by atoms with van der Waals surface area (Å²) < 4.78 is 20.3. The van der Waals surface area contributed by atoms with E-state index in [-0.39, 0.29) is 23.6 Å². The Labute approximate surface area is 150 Å². The first-order valence-electron chi connectivity index (χ1n) is 7.88. The molecule has 2 rings (SSSR count). The van der Waals surface area contributed by atoms with Gasteiger partial charge in [0.15, 0.2) is 0 Å². The van der Waals surface area contributed by atoms with Gasteiger partial charge in [-0.1, -0.05) is 11.8 Å². The van der Waals surface area contributed by atoms with Gasteiger partial charge in [-0.15, -0.1) is 0 Å². The zero-order chi connectivity index (χ0) is 18.6. The lowest BCUT2D eigenvalue weighted by Gasteiger charge is -2.34. The Bertz CT molecular complexity index is 582. The largest absolute Gasteiger partial charge is 0.427 e. The molecule has 0 aromatic rings. The minimum atomic E-state index is -0.699. The molecule has 9 heteroatoms. The van der Waals surface area contributed by atoms with Crippen molar-refractivity contribution in [1.29, 1.82) is 0 Å². The van der Waals surface area contributed by atoms with Gasteiger partial charge in [0.2, 0.25) is 12.7 Å². The number of ether oxygens (including phenoxy) is 4. The Hall–Kier alpha value is -1.58. The highest BCUT2D eigenvalue weighted by Gasteiger charge is 2.48. The molecule has 0 aromatic heterocycles. The van der Waals surface area contributed by atoms with E-state index in [0.29, 0.717) is 24.5 Å². The number of hydrogen-bond acceptors (Lipinski definition) is 8. The molecule has 0 radical (unpaired) electrons. The Morgan fingerprint density at radius 2 is 1.96 bits per heavy atom. The van der Waals surface area contributed by atoms with Crippen LogP contribution in [0.5, 0.6) is 0 Å². The van der Waals surface area contributed by atoms with Gasteiger partial charge >= 0.3 is 11.9 Å². The van der Waals surface area contributed by atoms with E-state index >= 15 is 0 Å². The molecular weight excluding hydrogens is 350 g/mol. The summed E-state index contributed by atoms with van der Waals surface area (Å²) in [6.07, 6.45) is 0.377. The van der Waals surface area contributed by atoms with Crippen LogP contribution in [0.25, 0.3) is 0 Å². The van der Waals surface area contributed by atoms with Gasteiger partial charge in [-0.05, 0) is 20.8 Å². The molecule has 140 valence electrons. The van der Waals surface area contributed by atoms with Crippen LogP contribution in [0.2, 0.25) is 0 Å². The number of amides is 1. The number of β-lactam (4-membered cyclic amide) rings is 1. The standard InChI is InChI=1S/C16H23NO7S/c1-16(2,3)15(20)24-9-23-14(19)13-10(8-22-6-5-21-4)25-12-7-11(18)17(12)13/h12H,5-9H2,1-4H3/t12-/m1/s1. The van der Waals surface area contributed by atoms with Gasteiger partial charge in [-0.25, -0.2) is 4.79 Å². The molecule has 0 aliphatic carbocycles. The van der Waals surface area contributed by atoms with E-state index in [4.69, 9.17) is 18.9 Å². The average molecular weight is 373 g/mol. The quantitative estimate of drug-likeness (QED) is 0.272. The van der Waals surface area contributed by atoms with Gasteiger partial charge in [0.25, 0.3) is 0 Å². The third kappa shape index (κ3) is 4.74. The van der Waals surface area contributed by atoms with Crippen molar-refractivity contribution >= 4 is 29.6 Å². The zero-order valence-electron chi connectivity index (χ0n) is 14.8. The number of rotatable bonds is 8. The molecule has 2 aliphatic heterocycles. The monoisotopic (exact) mass is 373 g/mol. The second-order valence-electron chi connectivity index (χ2n) is 6.59. The summed E-state index contributed by atoms with van der Waals surface area (Å²) in [7, 11) is 1.57. The van der Waals surface area contributed by atoms with Crippen LogP contribution >= 0.6 is 11.8 Å². The van der Waals surface area contributed by atoms with Crippen molar-refractivity contribution in [2.75, 3.05) is 33.7 Å². The summed E-state index contributed by atoms with van der Waals surface area (Å²) in [4.78, 5) is 37.9. The number of nitrogens with zero attached hydrogens (tertiary/aromatic N) is 1. The highest BCUT2D eigenvalue weighted by atomic mass is 32.2. The van der Waals surface area contributed by atoms with Gasteiger partial charge in [-0.3, -0.25) is 14.5 Å². The molecular formula is C16H23NO7S. The Morgan fingerprint density at radius 3 is 2.56 bits per heavy atom. The van der Waals surface area contributed by atoms with Crippen molar-refractivity contribution in [3.05, 3.63) is 10.6 Å². The van der Waals surface area contributed by atoms with Crippen LogP contribution in [0.15, 0.2) is 10.6 Å². The molecule has 2 aliphatic rings. The molecule has 1 amide bonds. The van der Waals surface area contributed by atoms with Crippen LogP contribution in [0.3, 0.4) is 0 Å². The number of thioether (sulfide) groups is 1. The molecule has 0 N–H and O–H groups in total. The van der Waals surface area contributed by atoms with E-state index in [1.54, 1.807) is 27.9 Å². The van der Waals surface area contributed by atoms with E-state index in [1.807, 2.05) is 0 Å². The summed E-state index contributed by atoms with van der Waals surface area (Å²) >= 11 is 1.41. The predicted octanol–water partition coefficient (Wildman–Crippen LogP) is 1.26. The van der Waals surface area contributed by atoms with Crippen molar-refractivity contribution in [2.45, 2.75) is 32.6 Å². The highest BCUT2D eigenvalue weighted by molar-refractivity contribution is 8.04. The van der Waals surface area contributed by atoms with E-state index in [1.165, 1.54) is 16.7 Å². The SMILES string of the molecule is COCCOCC1=C(C(=O)OCOC(=O)C(C)(C)C)N2C(=O)C[C@H]2S1. The smallest absolute Gasteiger partial charge is 0.358 e. The van der Waals surface area contributed by atoms with Gasteiger partial charge in [0, 0.05) is 12.0 Å². The summed E-state index contributed by atoms with van der Waals surface area (Å²) in [5.41, 5.74) is -0.510. The lowest BCUT2D eigenvalue weighted by Crippen LogP contribution is -2.48. The van der Waals surface area contributed by atoms with Crippen LogP contribution in [-0.4, -0.2) is 61.8 Å². The lowest BCUT2D eigenvalue weighted by molar-refractivity contribution is -0.173. The molecule has 8 nitrogen and oxygen atoms in total. The summed E-state index contributed by atoms with van der Waals surface area (Å²) in [5, 5.41) is -0.0896. The maximum Gasteiger partial charge on any atom is 0.358 e. The molecule has 1 fully saturated rings. The number of fused-ring (bicyclic) bond motifs is 1. The van der Waals surface area contributed by atoms with Gasteiger partial charge < -0.3 is 18.9 Å². The van der Waals surface area contributed by atoms with Gasteiger partial charge in [-0.2, -0.15) is 0 Å². The van der Waals surface area contributed by atoms with Crippen molar-refractivity contribution in [1.82, 2.24) is 4.90 Å². The van der Waals surface area contributed by atoms with Crippen LogP contribution in [0, 0.1) is 5.41 Å². The second kappa shape index (κ2) is 8.20. The molecule has 0 spiro atoms. The number of methoxy groups -OCH3 is 1. The fraction of sp³-hybridized carbons (Fsp3) is 0.688. The van der Waals surface area contributed by atoms with E-state index in [0.717, 1.165) is 0 Å². The summed E-state index contributed by atoms with van der Waals surface area (Å²) in [5.74, 6) is -1.31. The van der Waals surface area contributed by atoms with Crippen molar-refractivity contribution in [3.8, 4) is 0 Å². The third-order valence-electron chi connectivity index (χ3n) is 3.54. The molecule has 0 aromatic carbocycles. The summed E-state index contributed by atoms with van der Waals surface area (Å²) in [6.45, 7) is 5.62. The van der Waals surface area contributed by atoms with Crippen LogP contribution < -0.4 is 0 Å². The maximum atomic E-state index is 12.4. The molecule has 0 unspecified atom stereocenters. The minimum Gasteiger partial charge on any atom is -0.427 e. The van der Waals surface area contributed by atoms with E-state index in [9.17, 15) is 14.4 Å². The topological polar surface area (TPSA) is 91.4 Å². The van der Waals surface area contributed by atoms with Crippen molar-refractivity contribution in [3.63, 3.8) is 0 Å². The number of carbonyl (C=O) groups is 3. The Balaban J connectivity index is 1.94. The fourth-order valence-electron chi connectivity index (χ4n) is 2.15. The molecule has 1 saturated heterocycles. The average Bonchev–Trinajstić information content (AvgIpc) is 2.82. The second-order valence-corrected chi connectivity index (χ2v) is 7.86. The fourth-order valence-corrected chi connectivity index (χ4v) is 3.48.